The van der Waals surface area contributed by atoms with Crippen LogP contribution < -0.4 is 10.6 Å². The predicted molar refractivity (Wildman–Crippen MR) is 77.9 cm³/mol. The lowest BCUT2D eigenvalue weighted by Crippen LogP contribution is -2.24. The van der Waals surface area contributed by atoms with Crippen LogP contribution in [0.3, 0.4) is 0 Å². The summed E-state index contributed by atoms with van der Waals surface area (Å²) in [6.07, 6.45) is 0.450. The zero-order chi connectivity index (χ0) is 14.4. The molecule has 4 nitrogen and oxygen atoms in total. The van der Waals surface area contributed by atoms with Crippen LogP contribution in [0.5, 0.6) is 0 Å². The monoisotopic (exact) mass is 293 g/mol. The number of amides is 1. The molecule has 0 saturated carbocycles. The molecule has 0 bridgehead atoms. The Morgan fingerprint density at radius 3 is 2.80 bits per heavy atom. The van der Waals surface area contributed by atoms with Crippen LogP contribution >= 0.6 is 11.3 Å². The number of halogens is 1. The number of carbonyl (C=O) groups is 1. The Labute approximate surface area is 121 Å². The quantitative estimate of drug-likeness (QED) is 0.803. The van der Waals surface area contributed by atoms with Gasteiger partial charge in [0.2, 0.25) is 5.91 Å². The van der Waals surface area contributed by atoms with Crippen molar-refractivity contribution in [1.29, 1.82) is 0 Å². The molecule has 2 N–H and O–H groups in total. The van der Waals surface area contributed by atoms with Crippen molar-refractivity contribution in [2.24, 2.45) is 0 Å². The second-order valence-electron chi connectivity index (χ2n) is 4.25. The molecule has 0 aliphatic rings. The highest BCUT2D eigenvalue weighted by Gasteiger charge is 2.05. The topological polar surface area (TPSA) is 54.0 Å². The minimum Gasteiger partial charge on any atom is -0.359 e. The van der Waals surface area contributed by atoms with Gasteiger partial charge in [-0.05, 0) is 24.3 Å². The second-order valence-corrected chi connectivity index (χ2v) is 5.11. The van der Waals surface area contributed by atoms with Crippen LogP contribution in [0.1, 0.15) is 12.1 Å². The number of aromatic nitrogens is 1. The Hall–Kier alpha value is -1.79. The SMILES string of the molecule is CNC(=O)CCNCc1csc(-c2ccc(F)cc2)n1. The molecule has 0 radical (unpaired) electrons. The largest absolute Gasteiger partial charge is 0.359 e. The Morgan fingerprint density at radius 1 is 1.35 bits per heavy atom. The van der Waals surface area contributed by atoms with Gasteiger partial charge in [-0.2, -0.15) is 0 Å². The first-order valence-electron chi connectivity index (χ1n) is 6.30. The van der Waals surface area contributed by atoms with Gasteiger partial charge in [-0.3, -0.25) is 4.79 Å². The first kappa shape index (κ1) is 14.6. The van der Waals surface area contributed by atoms with E-state index in [4.69, 9.17) is 0 Å². The van der Waals surface area contributed by atoms with E-state index >= 15 is 0 Å². The average molecular weight is 293 g/mol. The van der Waals surface area contributed by atoms with Crippen molar-refractivity contribution in [3.63, 3.8) is 0 Å². The Kier molecular flexibility index (Phi) is 5.20. The van der Waals surface area contributed by atoms with Gasteiger partial charge in [-0.1, -0.05) is 0 Å². The lowest BCUT2D eigenvalue weighted by atomic mass is 10.2. The standard InChI is InChI=1S/C14H16FN3OS/c1-16-13(19)6-7-17-8-12-9-20-14(18-12)10-2-4-11(15)5-3-10/h2-5,9,17H,6-8H2,1H3,(H,16,19). The number of hydrogen-bond acceptors (Lipinski definition) is 4. The van der Waals surface area contributed by atoms with E-state index in [1.54, 1.807) is 19.2 Å². The lowest BCUT2D eigenvalue weighted by Gasteiger charge is -2.01. The average Bonchev–Trinajstić information content (AvgIpc) is 2.93. The van der Waals surface area contributed by atoms with E-state index in [1.165, 1.54) is 23.5 Å². The van der Waals surface area contributed by atoms with Crippen LogP contribution in [-0.2, 0) is 11.3 Å². The number of hydrogen-bond donors (Lipinski definition) is 2. The molecule has 0 aliphatic heterocycles. The summed E-state index contributed by atoms with van der Waals surface area (Å²) in [6, 6.07) is 6.30. The summed E-state index contributed by atoms with van der Waals surface area (Å²) in [5.41, 5.74) is 1.83. The molecule has 1 heterocycles. The summed E-state index contributed by atoms with van der Waals surface area (Å²) in [4.78, 5) is 15.5. The van der Waals surface area contributed by atoms with Gasteiger partial charge in [0.15, 0.2) is 0 Å². The van der Waals surface area contributed by atoms with Crippen LogP contribution in [0.15, 0.2) is 29.6 Å². The molecule has 20 heavy (non-hydrogen) atoms. The van der Waals surface area contributed by atoms with E-state index in [9.17, 15) is 9.18 Å². The van der Waals surface area contributed by atoms with Gasteiger partial charge in [-0.25, -0.2) is 9.37 Å². The molecule has 0 fully saturated rings. The van der Waals surface area contributed by atoms with Crippen LogP contribution in [0.25, 0.3) is 10.6 Å². The highest BCUT2D eigenvalue weighted by Crippen LogP contribution is 2.23. The fourth-order valence-corrected chi connectivity index (χ4v) is 2.48. The maximum Gasteiger partial charge on any atom is 0.221 e. The minimum atomic E-state index is -0.249. The van der Waals surface area contributed by atoms with E-state index in [0.717, 1.165) is 16.3 Å². The van der Waals surface area contributed by atoms with Gasteiger partial charge in [0.25, 0.3) is 0 Å². The summed E-state index contributed by atoms with van der Waals surface area (Å²) in [7, 11) is 1.62. The molecule has 1 aromatic heterocycles. The molecule has 0 aliphatic carbocycles. The van der Waals surface area contributed by atoms with Gasteiger partial charge in [0.05, 0.1) is 5.69 Å². The molecule has 0 saturated heterocycles. The third-order valence-electron chi connectivity index (χ3n) is 2.76. The van der Waals surface area contributed by atoms with Crippen molar-refractivity contribution in [1.82, 2.24) is 15.6 Å². The van der Waals surface area contributed by atoms with E-state index in [-0.39, 0.29) is 11.7 Å². The third kappa shape index (κ3) is 4.11. The molecule has 2 rings (SSSR count). The molecular formula is C14H16FN3OS. The van der Waals surface area contributed by atoms with Crippen LogP contribution in [0.4, 0.5) is 4.39 Å². The summed E-state index contributed by atoms with van der Waals surface area (Å²) in [6.45, 7) is 1.23. The fourth-order valence-electron chi connectivity index (χ4n) is 1.66. The number of nitrogens with one attached hydrogen (secondary N) is 2. The number of benzene rings is 1. The predicted octanol–water partition coefficient (Wildman–Crippen LogP) is 2.17. The van der Waals surface area contributed by atoms with Gasteiger partial charge < -0.3 is 10.6 Å². The molecule has 6 heteroatoms. The van der Waals surface area contributed by atoms with Crippen molar-refractivity contribution >= 4 is 17.2 Å². The number of thiazole rings is 1. The Morgan fingerprint density at radius 2 is 2.10 bits per heavy atom. The number of carbonyl (C=O) groups excluding carboxylic acids is 1. The summed E-state index contributed by atoms with van der Waals surface area (Å²) in [5, 5.41) is 8.57. The zero-order valence-electron chi connectivity index (χ0n) is 11.1. The Balaban J connectivity index is 1.86. The second kappa shape index (κ2) is 7.12. The molecule has 1 aromatic carbocycles. The van der Waals surface area contributed by atoms with Crippen molar-refractivity contribution in [2.45, 2.75) is 13.0 Å². The first-order valence-corrected chi connectivity index (χ1v) is 7.18. The van der Waals surface area contributed by atoms with Crippen LogP contribution in [0, 0.1) is 5.82 Å². The molecule has 0 atom stereocenters. The molecule has 1 amide bonds. The van der Waals surface area contributed by atoms with Crippen molar-refractivity contribution in [3.05, 3.63) is 41.2 Å². The summed E-state index contributed by atoms with van der Waals surface area (Å²) in [5.74, 6) is -0.232. The highest BCUT2D eigenvalue weighted by molar-refractivity contribution is 7.13. The summed E-state index contributed by atoms with van der Waals surface area (Å²) < 4.78 is 12.8. The molecular weight excluding hydrogens is 277 g/mol. The summed E-state index contributed by atoms with van der Waals surface area (Å²) >= 11 is 1.52. The zero-order valence-corrected chi connectivity index (χ0v) is 12.0. The van der Waals surface area contributed by atoms with E-state index < -0.39 is 0 Å². The smallest absolute Gasteiger partial charge is 0.221 e. The van der Waals surface area contributed by atoms with Gasteiger partial charge >= 0.3 is 0 Å². The van der Waals surface area contributed by atoms with E-state index in [2.05, 4.69) is 15.6 Å². The van der Waals surface area contributed by atoms with Crippen molar-refractivity contribution < 1.29 is 9.18 Å². The lowest BCUT2D eigenvalue weighted by molar-refractivity contribution is -0.120. The number of nitrogens with zero attached hydrogens (tertiary/aromatic N) is 1. The Bertz CT molecular complexity index is 568. The molecule has 2 aromatic rings. The third-order valence-corrected chi connectivity index (χ3v) is 3.70. The minimum absolute atomic E-state index is 0.0165. The molecule has 106 valence electrons. The van der Waals surface area contributed by atoms with Crippen LogP contribution in [0.2, 0.25) is 0 Å². The van der Waals surface area contributed by atoms with Crippen LogP contribution in [-0.4, -0.2) is 24.5 Å². The van der Waals surface area contributed by atoms with Gasteiger partial charge in [0.1, 0.15) is 10.8 Å². The van der Waals surface area contributed by atoms with E-state index in [1.807, 2.05) is 5.38 Å². The van der Waals surface area contributed by atoms with E-state index in [0.29, 0.717) is 19.5 Å². The van der Waals surface area contributed by atoms with Crippen molar-refractivity contribution in [2.75, 3.05) is 13.6 Å². The first-order chi connectivity index (χ1) is 9.69. The number of rotatable bonds is 6. The maximum absolute atomic E-state index is 12.8. The molecule has 0 unspecified atom stereocenters. The van der Waals surface area contributed by atoms with Gasteiger partial charge in [0, 0.05) is 37.5 Å². The highest BCUT2D eigenvalue weighted by atomic mass is 32.1. The van der Waals surface area contributed by atoms with Gasteiger partial charge in [-0.15, -0.1) is 11.3 Å². The maximum atomic E-state index is 12.8. The fraction of sp³-hybridized carbons (Fsp3) is 0.286. The normalized spacial score (nSPS) is 10.5. The van der Waals surface area contributed by atoms with Crippen molar-refractivity contribution in [3.8, 4) is 10.6 Å². The molecule has 0 spiro atoms.